The molecule has 1 atom stereocenters. The number of carboxylic acid groups (broad SMARTS) is 1. The molecule has 1 saturated heterocycles. The quantitative estimate of drug-likeness (QED) is 0.820. The zero-order chi connectivity index (χ0) is 19.8. The number of sulfonamides is 1. The number of nitrogens with zero attached hydrogens (tertiary/aromatic N) is 1. The Morgan fingerprint density at radius 2 is 1.93 bits per heavy atom. The molecule has 0 aromatic heterocycles. The van der Waals surface area contributed by atoms with Crippen LogP contribution in [0.3, 0.4) is 0 Å². The van der Waals surface area contributed by atoms with Crippen molar-refractivity contribution in [3.05, 3.63) is 58.7 Å². The molecular formula is C20H24N2O4S. The van der Waals surface area contributed by atoms with Gasteiger partial charge in [-0.3, -0.25) is 0 Å². The first kappa shape index (κ1) is 19.4. The molecule has 1 unspecified atom stereocenters. The summed E-state index contributed by atoms with van der Waals surface area (Å²) in [5.74, 6) is -0.709. The van der Waals surface area contributed by atoms with Crippen LogP contribution in [0.4, 0.5) is 5.69 Å². The van der Waals surface area contributed by atoms with Gasteiger partial charge in [-0.25, -0.2) is 18.4 Å². The highest BCUT2D eigenvalue weighted by atomic mass is 32.2. The van der Waals surface area contributed by atoms with Crippen LogP contribution in [0, 0.1) is 12.8 Å². The number of hydrogen-bond acceptors (Lipinski definition) is 4. The van der Waals surface area contributed by atoms with Gasteiger partial charge in [0.15, 0.2) is 0 Å². The van der Waals surface area contributed by atoms with Crippen LogP contribution in [-0.4, -0.2) is 32.6 Å². The summed E-state index contributed by atoms with van der Waals surface area (Å²) in [7, 11) is -4.07. The molecule has 144 valence electrons. The third kappa shape index (κ3) is 4.31. The molecule has 3 rings (SSSR count). The van der Waals surface area contributed by atoms with Crippen LogP contribution in [0.1, 0.15) is 40.4 Å². The van der Waals surface area contributed by atoms with E-state index in [1.807, 2.05) is 31.2 Å². The van der Waals surface area contributed by atoms with Gasteiger partial charge in [0, 0.05) is 25.2 Å². The van der Waals surface area contributed by atoms with Gasteiger partial charge in [-0.2, -0.15) is 0 Å². The Morgan fingerprint density at radius 3 is 2.44 bits per heavy atom. The molecule has 7 heteroatoms. The maximum Gasteiger partial charge on any atom is 0.335 e. The normalized spacial score (nSPS) is 17.3. The number of aryl methyl sites for hydroxylation is 1. The van der Waals surface area contributed by atoms with Crippen molar-refractivity contribution in [3.63, 3.8) is 0 Å². The zero-order valence-corrected chi connectivity index (χ0v) is 16.3. The lowest BCUT2D eigenvalue weighted by Gasteiger charge is -2.24. The van der Waals surface area contributed by atoms with Crippen LogP contribution >= 0.6 is 0 Å². The van der Waals surface area contributed by atoms with E-state index in [-0.39, 0.29) is 10.5 Å². The zero-order valence-electron chi connectivity index (χ0n) is 15.5. The minimum absolute atomic E-state index is 0.0683. The summed E-state index contributed by atoms with van der Waals surface area (Å²) in [6, 6.07) is 10.6. The smallest absolute Gasteiger partial charge is 0.335 e. The number of carbonyl (C=O) groups is 1. The van der Waals surface area contributed by atoms with Crippen LogP contribution < -0.4 is 10.0 Å². The highest BCUT2D eigenvalue weighted by molar-refractivity contribution is 7.89. The molecule has 27 heavy (non-hydrogen) atoms. The van der Waals surface area contributed by atoms with Crippen molar-refractivity contribution in [1.29, 1.82) is 0 Å². The Labute approximate surface area is 159 Å². The highest BCUT2D eigenvalue weighted by Crippen LogP contribution is 2.34. The van der Waals surface area contributed by atoms with E-state index < -0.39 is 16.0 Å². The molecule has 1 aliphatic rings. The Morgan fingerprint density at radius 1 is 1.26 bits per heavy atom. The van der Waals surface area contributed by atoms with Crippen molar-refractivity contribution < 1.29 is 18.3 Å². The molecule has 0 saturated carbocycles. The van der Waals surface area contributed by atoms with Gasteiger partial charge in [-0.05, 0) is 42.5 Å². The molecule has 0 bridgehead atoms. The van der Waals surface area contributed by atoms with Crippen LogP contribution in [0.2, 0.25) is 0 Å². The number of nitrogens with two attached hydrogens (primary N) is 1. The maximum absolute atomic E-state index is 12.3. The fourth-order valence-electron chi connectivity index (χ4n) is 3.53. The molecule has 2 aromatic carbocycles. The average molecular weight is 388 g/mol. The molecule has 3 N–H and O–H groups in total. The van der Waals surface area contributed by atoms with E-state index in [4.69, 9.17) is 5.14 Å². The van der Waals surface area contributed by atoms with E-state index in [1.54, 1.807) is 6.07 Å². The number of anilines is 1. The standard InChI is InChI=1S/C20H24N2O4S/c1-13-3-5-15(6-4-13)9-17-18(22-8-7-14(2)12-22)10-16(20(23)24)11-19(17)27(21,25)26/h3-6,10-11,14H,7-9,12H2,1-2H3,(H,23,24)(H2,21,25,26). The van der Waals surface area contributed by atoms with E-state index in [0.717, 1.165) is 30.6 Å². The molecule has 0 amide bonds. The lowest BCUT2D eigenvalue weighted by atomic mass is 9.99. The van der Waals surface area contributed by atoms with Crippen molar-refractivity contribution in [1.82, 2.24) is 0 Å². The first-order valence-electron chi connectivity index (χ1n) is 8.88. The van der Waals surface area contributed by atoms with Gasteiger partial charge in [0.05, 0.1) is 10.5 Å². The molecule has 1 fully saturated rings. The van der Waals surface area contributed by atoms with Crippen molar-refractivity contribution >= 4 is 21.7 Å². The molecule has 1 heterocycles. The average Bonchev–Trinajstić information content (AvgIpc) is 3.02. The maximum atomic E-state index is 12.3. The summed E-state index contributed by atoms with van der Waals surface area (Å²) in [6.45, 7) is 5.63. The van der Waals surface area contributed by atoms with Gasteiger partial charge in [0.1, 0.15) is 0 Å². The third-order valence-corrected chi connectivity index (χ3v) is 5.98. The lowest BCUT2D eigenvalue weighted by Crippen LogP contribution is -2.24. The van der Waals surface area contributed by atoms with Gasteiger partial charge in [0.2, 0.25) is 10.0 Å². The Balaban J connectivity index is 2.19. The number of benzene rings is 2. The van der Waals surface area contributed by atoms with E-state index in [0.29, 0.717) is 23.6 Å². The minimum atomic E-state index is -4.07. The molecule has 6 nitrogen and oxygen atoms in total. The van der Waals surface area contributed by atoms with Crippen molar-refractivity contribution in [2.24, 2.45) is 11.1 Å². The Bertz CT molecular complexity index is 968. The minimum Gasteiger partial charge on any atom is -0.478 e. The second kappa shape index (κ2) is 7.32. The molecular weight excluding hydrogens is 364 g/mol. The summed E-state index contributed by atoms with van der Waals surface area (Å²) in [6.07, 6.45) is 1.35. The lowest BCUT2D eigenvalue weighted by molar-refractivity contribution is 0.0696. The van der Waals surface area contributed by atoms with Gasteiger partial charge in [0.25, 0.3) is 0 Å². The number of primary sulfonamides is 1. The van der Waals surface area contributed by atoms with Gasteiger partial charge in [-0.15, -0.1) is 0 Å². The monoisotopic (exact) mass is 388 g/mol. The molecule has 0 spiro atoms. The second-order valence-electron chi connectivity index (χ2n) is 7.32. The topological polar surface area (TPSA) is 101 Å². The van der Waals surface area contributed by atoms with Crippen LogP contribution in [-0.2, 0) is 16.4 Å². The van der Waals surface area contributed by atoms with Crippen LogP contribution in [0.15, 0.2) is 41.3 Å². The van der Waals surface area contributed by atoms with Crippen molar-refractivity contribution in [2.75, 3.05) is 18.0 Å². The largest absolute Gasteiger partial charge is 0.478 e. The van der Waals surface area contributed by atoms with Gasteiger partial charge < -0.3 is 10.0 Å². The summed E-state index contributed by atoms with van der Waals surface area (Å²) in [4.78, 5) is 13.5. The van der Waals surface area contributed by atoms with Gasteiger partial charge in [-0.1, -0.05) is 36.8 Å². The fraction of sp³-hybridized carbons (Fsp3) is 0.350. The van der Waals surface area contributed by atoms with Crippen LogP contribution in [0.25, 0.3) is 0 Å². The van der Waals surface area contributed by atoms with E-state index >= 15 is 0 Å². The number of hydrogen-bond donors (Lipinski definition) is 2. The van der Waals surface area contributed by atoms with Gasteiger partial charge >= 0.3 is 5.97 Å². The van der Waals surface area contributed by atoms with Crippen molar-refractivity contribution in [3.8, 4) is 0 Å². The first-order valence-corrected chi connectivity index (χ1v) is 10.4. The molecule has 0 aliphatic carbocycles. The number of aromatic carboxylic acids is 1. The molecule has 0 radical (unpaired) electrons. The predicted octanol–water partition coefficient (Wildman–Crippen LogP) is 2.78. The number of rotatable bonds is 5. The Kier molecular flexibility index (Phi) is 5.26. The molecule has 1 aliphatic heterocycles. The second-order valence-corrected chi connectivity index (χ2v) is 8.85. The predicted molar refractivity (Wildman–Crippen MR) is 105 cm³/mol. The summed E-state index contributed by atoms with van der Waals surface area (Å²) in [5, 5.41) is 14.9. The number of carboxylic acids is 1. The first-order chi connectivity index (χ1) is 12.6. The highest BCUT2D eigenvalue weighted by Gasteiger charge is 2.27. The SMILES string of the molecule is Cc1ccc(Cc2c(N3CCC(C)C3)cc(C(=O)O)cc2S(N)(=O)=O)cc1. The van der Waals surface area contributed by atoms with Crippen molar-refractivity contribution in [2.45, 2.75) is 31.6 Å². The summed E-state index contributed by atoms with van der Waals surface area (Å²) >= 11 is 0. The summed E-state index contributed by atoms with van der Waals surface area (Å²) in [5.41, 5.74) is 3.19. The van der Waals surface area contributed by atoms with E-state index in [1.165, 1.54) is 6.07 Å². The summed E-state index contributed by atoms with van der Waals surface area (Å²) < 4.78 is 24.5. The third-order valence-electron chi connectivity index (χ3n) is 5.00. The fourth-order valence-corrected chi connectivity index (χ4v) is 4.34. The molecule has 2 aromatic rings. The van der Waals surface area contributed by atoms with Crippen LogP contribution in [0.5, 0.6) is 0 Å². The van der Waals surface area contributed by atoms with E-state index in [2.05, 4.69) is 11.8 Å². The Hall–Kier alpha value is -2.38. The van der Waals surface area contributed by atoms with E-state index in [9.17, 15) is 18.3 Å².